The van der Waals surface area contributed by atoms with Gasteiger partial charge in [0.05, 0.1) is 12.3 Å². The van der Waals surface area contributed by atoms with Crippen LogP contribution in [0, 0.1) is 5.82 Å². The lowest BCUT2D eigenvalue weighted by atomic mass is 10.1. The summed E-state index contributed by atoms with van der Waals surface area (Å²) in [6, 6.07) is 4.80. The number of nitrogens with two attached hydrogens (primary N) is 1. The number of rotatable bonds is 5. The Kier molecular flexibility index (Phi) is 4.71. The molecule has 0 saturated carbocycles. The van der Waals surface area contributed by atoms with Crippen molar-refractivity contribution in [2.75, 3.05) is 32.2 Å². The van der Waals surface area contributed by atoms with Gasteiger partial charge in [0.15, 0.2) is 0 Å². The summed E-state index contributed by atoms with van der Waals surface area (Å²) >= 11 is 0. The van der Waals surface area contributed by atoms with Crippen molar-refractivity contribution in [1.82, 2.24) is 0 Å². The first-order chi connectivity index (χ1) is 7.57. The van der Waals surface area contributed by atoms with E-state index in [4.69, 9.17) is 10.5 Å². The molecular formula is C12H19FN2O. The van der Waals surface area contributed by atoms with Gasteiger partial charge in [0.1, 0.15) is 5.82 Å². The topological polar surface area (TPSA) is 38.5 Å². The second kappa shape index (κ2) is 5.82. The Morgan fingerprint density at radius 2 is 2.19 bits per heavy atom. The normalized spacial score (nSPS) is 12.6. The van der Waals surface area contributed by atoms with Crippen LogP contribution in [0.2, 0.25) is 0 Å². The summed E-state index contributed by atoms with van der Waals surface area (Å²) in [5.41, 5.74) is 7.21. The first-order valence-electron chi connectivity index (χ1n) is 5.32. The zero-order valence-corrected chi connectivity index (χ0v) is 10.0. The molecule has 16 heavy (non-hydrogen) atoms. The largest absolute Gasteiger partial charge is 0.383 e. The molecule has 0 aliphatic rings. The molecule has 0 radical (unpaired) electrons. The Morgan fingerprint density at radius 3 is 2.75 bits per heavy atom. The molecule has 2 N–H and O–H groups in total. The molecule has 4 heteroatoms. The summed E-state index contributed by atoms with van der Waals surface area (Å²) in [6.45, 7) is 3.04. The van der Waals surface area contributed by atoms with Crippen molar-refractivity contribution < 1.29 is 9.13 Å². The van der Waals surface area contributed by atoms with E-state index in [0.29, 0.717) is 18.8 Å². The monoisotopic (exact) mass is 226 g/mol. The SMILES string of the molecule is COCCN(C)c1c(F)cccc1C(C)N. The zero-order valence-electron chi connectivity index (χ0n) is 10.0. The van der Waals surface area contributed by atoms with Gasteiger partial charge in [-0.15, -0.1) is 0 Å². The van der Waals surface area contributed by atoms with Gasteiger partial charge in [0, 0.05) is 26.7 Å². The molecule has 1 aromatic rings. The third-order valence-electron chi connectivity index (χ3n) is 2.52. The average Bonchev–Trinajstić information content (AvgIpc) is 2.25. The van der Waals surface area contributed by atoms with E-state index in [0.717, 1.165) is 5.56 Å². The van der Waals surface area contributed by atoms with Crippen LogP contribution < -0.4 is 10.6 Å². The van der Waals surface area contributed by atoms with Crippen LogP contribution in [0.4, 0.5) is 10.1 Å². The van der Waals surface area contributed by atoms with Gasteiger partial charge >= 0.3 is 0 Å². The number of benzene rings is 1. The fourth-order valence-electron chi connectivity index (χ4n) is 1.64. The van der Waals surface area contributed by atoms with Crippen LogP contribution in [0.3, 0.4) is 0 Å². The summed E-state index contributed by atoms with van der Waals surface area (Å²) in [5.74, 6) is -0.242. The molecule has 0 spiro atoms. The Hall–Kier alpha value is -1.13. The summed E-state index contributed by atoms with van der Waals surface area (Å²) < 4.78 is 18.7. The third-order valence-corrected chi connectivity index (χ3v) is 2.52. The van der Waals surface area contributed by atoms with E-state index in [1.807, 2.05) is 24.9 Å². The smallest absolute Gasteiger partial charge is 0.146 e. The van der Waals surface area contributed by atoms with Gasteiger partial charge in [0.2, 0.25) is 0 Å². The van der Waals surface area contributed by atoms with E-state index in [2.05, 4.69) is 0 Å². The number of likely N-dealkylation sites (N-methyl/N-ethyl adjacent to an activating group) is 1. The summed E-state index contributed by atoms with van der Waals surface area (Å²) in [5, 5.41) is 0. The van der Waals surface area contributed by atoms with Crippen molar-refractivity contribution >= 4 is 5.69 Å². The Morgan fingerprint density at radius 1 is 1.50 bits per heavy atom. The van der Waals surface area contributed by atoms with Crippen molar-refractivity contribution in [1.29, 1.82) is 0 Å². The highest BCUT2D eigenvalue weighted by atomic mass is 19.1. The van der Waals surface area contributed by atoms with Gasteiger partial charge in [-0.1, -0.05) is 12.1 Å². The number of ether oxygens (including phenoxy) is 1. The minimum absolute atomic E-state index is 0.185. The van der Waals surface area contributed by atoms with Gasteiger partial charge in [0.25, 0.3) is 0 Å². The lowest BCUT2D eigenvalue weighted by Crippen LogP contribution is -2.25. The molecule has 1 aromatic carbocycles. The van der Waals surface area contributed by atoms with Crippen LogP contribution in [0.5, 0.6) is 0 Å². The predicted octanol–water partition coefficient (Wildman–Crippen LogP) is 1.93. The number of hydrogen-bond donors (Lipinski definition) is 1. The number of para-hydroxylation sites is 1. The van der Waals surface area contributed by atoms with E-state index in [1.165, 1.54) is 6.07 Å². The van der Waals surface area contributed by atoms with Crippen LogP contribution in [-0.2, 0) is 4.74 Å². The minimum atomic E-state index is -0.242. The minimum Gasteiger partial charge on any atom is -0.383 e. The van der Waals surface area contributed by atoms with Crippen LogP contribution in [0.15, 0.2) is 18.2 Å². The summed E-state index contributed by atoms with van der Waals surface area (Å²) in [6.07, 6.45) is 0. The van der Waals surface area contributed by atoms with Crippen LogP contribution >= 0.6 is 0 Å². The summed E-state index contributed by atoms with van der Waals surface area (Å²) in [4.78, 5) is 1.83. The third kappa shape index (κ3) is 2.93. The fourth-order valence-corrected chi connectivity index (χ4v) is 1.64. The number of nitrogens with zero attached hydrogens (tertiary/aromatic N) is 1. The highest BCUT2D eigenvalue weighted by molar-refractivity contribution is 5.55. The lowest BCUT2D eigenvalue weighted by Gasteiger charge is -2.24. The first kappa shape index (κ1) is 12.9. The molecule has 1 atom stereocenters. The molecule has 0 fully saturated rings. The molecule has 0 bridgehead atoms. The average molecular weight is 226 g/mol. The van der Waals surface area contributed by atoms with E-state index >= 15 is 0 Å². The first-order valence-corrected chi connectivity index (χ1v) is 5.32. The van der Waals surface area contributed by atoms with Crippen molar-refractivity contribution in [2.24, 2.45) is 5.73 Å². The lowest BCUT2D eigenvalue weighted by molar-refractivity contribution is 0.206. The standard InChI is InChI=1S/C12H19FN2O/c1-9(14)10-5-4-6-11(13)12(10)15(2)7-8-16-3/h4-6,9H,7-8,14H2,1-3H3. The van der Waals surface area contributed by atoms with Crippen LogP contribution in [0.25, 0.3) is 0 Å². The fraction of sp³-hybridized carbons (Fsp3) is 0.500. The van der Waals surface area contributed by atoms with Gasteiger partial charge in [-0.2, -0.15) is 0 Å². The van der Waals surface area contributed by atoms with E-state index in [1.54, 1.807) is 13.2 Å². The molecule has 90 valence electrons. The molecule has 3 nitrogen and oxygen atoms in total. The maximum absolute atomic E-state index is 13.8. The summed E-state index contributed by atoms with van der Waals surface area (Å²) in [7, 11) is 3.46. The quantitative estimate of drug-likeness (QED) is 0.833. The molecule has 0 aliphatic carbocycles. The Labute approximate surface area is 96.0 Å². The second-order valence-electron chi connectivity index (χ2n) is 3.88. The van der Waals surface area contributed by atoms with Crippen LogP contribution in [-0.4, -0.2) is 27.3 Å². The number of hydrogen-bond acceptors (Lipinski definition) is 3. The maximum Gasteiger partial charge on any atom is 0.146 e. The predicted molar refractivity (Wildman–Crippen MR) is 64.1 cm³/mol. The zero-order chi connectivity index (χ0) is 12.1. The van der Waals surface area contributed by atoms with Gasteiger partial charge in [-0.05, 0) is 18.6 Å². The van der Waals surface area contributed by atoms with Crippen molar-refractivity contribution in [3.05, 3.63) is 29.6 Å². The Balaban J connectivity index is 3.00. The number of halogens is 1. The number of anilines is 1. The van der Waals surface area contributed by atoms with Crippen molar-refractivity contribution in [3.63, 3.8) is 0 Å². The molecule has 0 aromatic heterocycles. The van der Waals surface area contributed by atoms with Crippen molar-refractivity contribution in [3.8, 4) is 0 Å². The second-order valence-corrected chi connectivity index (χ2v) is 3.88. The van der Waals surface area contributed by atoms with E-state index in [-0.39, 0.29) is 11.9 Å². The molecule has 0 heterocycles. The molecule has 0 saturated heterocycles. The van der Waals surface area contributed by atoms with Gasteiger partial charge in [-0.25, -0.2) is 4.39 Å². The molecule has 1 rings (SSSR count). The highest BCUT2D eigenvalue weighted by Gasteiger charge is 2.14. The molecule has 1 unspecified atom stereocenters. The molecular weight excluding hydrogens is 207 g/mol. The van der Waals surface area contributed by atoms with Gasteiger partial charge < -0.3 is 15.4 Å². The molecule has 0 aliphatic heterocycles. The van der Waals surface area contributed by atoms with Crippen LogP contribution in [0.1, 0.15) is 18.5 Å². The van der Waals surface area contributed by atoms with E-state index < -0.39 is 0 Å². The van der Waals surface area contributed by atoms with Crippen molar-refractivity contribution in [2.45, 2.75) is 13.0 Å². The molecule has 0 amide bonds. The van der Waals surface area contributed by atoms with Gasteiger partial charge in [-0.3, -0.25) is 0 Å². The number of methoxy groups -OCH3 is 1. The highest BCUT2D eigenvalue weighted by Crippen LogP contribution is 2.27. The maximum atomic E-state index is 13.8. The van der Waals surface area contributed by atoms with E-state index in [9.17, 15) is 4.39 Å². The Bertz CT molecular complexity index is 342.